The third-order valence-corrected chi connectivity index (χ3v) is 4.16. The maximum atomic E-state index is 13.2. The van der Waals surface area contributed by atoms with Crippen LogP contribution in [0.3, 0.4) is 0 Å². The van der Waals surface area contributed by atoms with Gasteiger partial charge in [-0.05, 0) is 30.0 Å². The Morgan fingerprint density at radius 1 is 1.43 bits per heavy atom. The van der Waals surface area contributed by atoms with Gasteiger partial charge in [0, 0.05) is 4.70 Å². The average molecular weight is 305 g/mol. The molecule has 2 heterocycles. The zero-order chi connectivity index (χ0) is 15.0. The number of rotatable bonds is 4. The van der Waals surface area contributed by atoms with E-state index >= 15 is 0 Å². The first-order valence-electron chi connectivity index (χ1n) is 6.51. The molecule has 0 atom stereocenters. The van der Waals surface area contributed by atoms with Gasteiger partial charge in [-0.25, -0.2) is 14.2 Å². The molecule has 0 bridgehead atoms. The number of fused-ring (bicyclic) bond motifs is 1. The topological polar surface area (TPSA) is 63.3 Å². The Balaban J connectivity index is 2.09. The van der Waals surface area contributed by atoms with E-state index in [1.54, 1.807) is 6.07 Å². The SMILES string of the molecule is CCCc1nc(-c2cc3ccc(F)cc3s2)oc1C(=O)O. The predicted octanol–water partition coefficient (Wildman–Crippen LogP) is 4.35. The standard InChI is InChI=1S/C15H12FNO3S/c1-2-3-10-13(15(18)19)20-14(17-10)12-6-8-4-5-9(16)7-11(8)21-12/h4-7H,2-3H2,1H3,(H,18,19). The smallest absolute Gasteiger partial charge is 0.373 e. The molecule has 0 unspecified atom stereocenters. The highest BCUT2D eigenvalue weighted by molar-refractivity contribution is 7.22. The minimum absolute atomic E-state index is 0.115. The van der Waals surface area contributed by atoms with Crippen molar-refractivity contribution in [3.8, 4) is 10.8 Å². The van der Waals surface area contributed by atoms with E-state index in [-0.39, 0.29) is 17.5 Å². The van der Waals surface area contributed by atoms with Crippen LogP contribution in [0, 0.1) is 5.82 Å². The Bertz CT molecular complexity index is 822. The number of oxazole rings is 1. The average Bonchev–Trinajstić information content (AvgIpc) is 3.02. The van der Waals surface area contributed by atoms with E-state index in [0.717, 1.165) is 16.5 Å². The molecule has 0 amide bonds. The summed E-state index contributed by atoms with van der Waals surface area (Å²) in [6.07, 6.45) is 1.33. The molecular weight excluding hydrogens is 293 g/mol. The molecule has 0 aliphatic rings. The van der Waals surface area contributed by atoms with Gasteiger partial charge in [-0.3, -0.25) is 0 Å². The molecule has 3 rings (SSSR count). The fourth-order valence-electron chi connectivity index (χ4n) is 2.14. The molecule has 0 saturated carbocycles. The second-order valence-corrected chi connectivity index (χ2v) is 5.73. The number of halogens is 1. The van der Waals surface area contributed by atoms with Gasteiger partial charge < -0.3 is 9.52 Å². The summed E-state index contributed by atoms with van der Waals surface area (Å²) in [7, 11) is 0. The van der Waals surface area contributed by atoms with Crippen LogP contribution in [-0.2, 0) is 6.42 Å². The second-order valence-electron chi connectivity index (χ2n) is 4.64. The number of aromatic nitrogens is 1. The lowest BCUT2D eigenvalue weighted by Crippen LogP contribution is -1.99. The fourth-order valence-corrected chi connectivity index (χ4v) is 3.15. The van der Waals surface area contributed by atoms with Crippen molar-refractivity contribution in [3.05, 3.63) is 41.5 Å². The number of nitrogens with zero attached hydrogens (tertiary/aromatic N) is 1. The zero-order valence-electron chi connectivity index (χ0n) is 11.2. The number of aromatic carboxylic acids is 1. The number of carboxylic acids is 1. The normalized spacial score (nSPS) is 11.1. The summed E-state index contributed by atoms with van der Waals surface area (Å²) in [5.41, 5.74) is 0.448. The first kappa shape index (κ1) is 13.8. The Labute approximate surface area is 123 Å². The molecule has 6 heteroatoms. The van der Waals surface area contributed by atoms with Crippen LogP contribution in [0.2, 0.25) is 0 Å². The molecule has 0 aliphatic carbocycles. The molecule has 3 aromatic rings. The maximum absolute atomic E-state index is 13.2. The van der Waals surface area contributed by atoms with Crippen molar-refractivity contribution >= 4 is 27.4 Å². The van der Waals surface area contributed by atoms with E-state index < -0.39 is 5.97 Å². The highest BCUT2D eigenvalue weighted by atomic mass is 32.1. The van der Waals surface area contributed by atoms with Crippen LogP contribution in [-0.4, -0.2) is 16.1 Å². The molecule has 108 valence electrons. The summed E-state index contributed by atoms with van der Waals surface area (Å²) in [5, 5.41) is 10.0. The molecule has 2 aromatic heterocycles. The highest BCUT2D eigenvalue weighted by Gasteiger charge is 2.20. The summed E-state index contributed by atoms with van der Waals surface area (Å²) < 4.78 is 19.4. The van der Waals surface area contributed by atoms with Crippen LogP contribution in [0.4, 0.5) is 4.39 Å². The largest absolute Gasteiger partial charge is 0.475 e. The van der Waals surface area contributed by atoms with Gasteiger partial charge >= 0.3 is 5.97 Å². The van der Waals surface area contributed by atoms with Gasteiger partial charge in [0.2, 0.25) is 11.7 Å². The number of hydrogen-bond acceptors (Lipinski definition) is 4. The number of carboxylic acid groups (broad SMARTS) is 1. The third-order valence-electron chi connectivity index (χ3n) is 3.07. The summed E-state index contributed by atoms with van der Waals surface area (Å²) >= 11 is 1.33. The fraction of sp³-hybridized carbons (Fsp3) is 0.200. The van der Waals surface area contributed by atoms with Crippen LogP contribution in [0.15, 0.2) is 28.7 Å². The Hall–Kier alpha value is -2.21. The number of thiophene rings is 1. The van der Waals surface area contributed by atoms with Crippen molar-refractivity contribution in [2.24, 2.45) is 0 Å². The van der Waals surface area contributed by atoms with Gasteiger partial charge in [-0.1, -0.05) is 19.4 Å². The van der Waals surface area contributed by atoms with Crippen LogP contribution >= 0.6 is 11.3 Å². The van der Waals surface area contributed by atoms with E-state index in [9.17, 15) is 9.18 Å². The number of hydrogen-bond donors (Lipinski definition) is 1. The van der Waals surface area contributed by atoms with Gasteiger partial charge in [0.05, 0.1) is 10.6 Å². The molecule has 0 saturated heterocycles. The molecule has 0 fully saturated rings. The van der Waals surface area contributed by atoms with Gasteiger partial charge in [0.15, 0.2) is 0 Å². The second kappa shape index (κ2) is 5.29. The van der Waals surface area contributed by atoms with Crippen LogP contribution in [0.1, 0.15) is 29.6 Å². The molecule has 1 aromatic carbocycles. The van der Waals surface area contributed by atoms with E-state index in [1.807, 2.05) is 13.0 Å². The lowest BCUT2D eigenvalue weighted by Gasteiger charge is -1.91. The number of aryl methyl sites for hydroxylation is 1. The van der Waals surface area contributed by atoms with Crippen molar-refractivity contribution in [1.29, 1.82) is 0 Å². The van der Waals surface area contributed by atoms with E-state index in [0.29, 0.717) is 17.0 Å². The van der Waals surface area contributed by atoms with E-state index in [2.05, 4.69) is 4.98 Å². The van der Waals surface area contributed by atoms with Gasteiger partial charge in [0.25, 0.3) is 0 Å². The first-order valence-corrected chi connectivity index (χ1v) is 7.32. The lowest BCUT2D eigenvalue weighted by atomic mass is 10.2. The van der Waals surface area contributed by atoms with Gasteiger partial charge in [-0.2, -0.15) is 0 Å². The molecular formula is C15H12FNO3S. The molecule has 0 aliphatic heterocycles. The zero-order valence-corrected chi connectivity index (χ0v) is 12.0. The van der Waals surface area contributed by atoms with E-state index in [4.69, 9.17) is 9.52 Å². The third kappa shape index (κ3) is 2.54. The number of carbonyl (C=O) groups is 1. The van der Waals surface area contributed by atoms with Crippen molar-refractivity contribution in [2.45, 2.75) is 19.8 Å². The van der Waals surface area contributed by atoms with Crippen LogP contribution in [0.5, 0.6) is 0 Å². The Morgan fingerprint density at radius 2 is 2.24 bits per heavy atom. The first-order chi connectivity index (χ1) is 10.1. The quantitative estimate of drug-likeness (QED) is 0.778. The van der Waals surface area contributed by atoms with Gasteiger partial charge in [0.1, 0.15) is 5.82 Å². The summed E-state index contributed by atoms with van der Waals surface area (Å²) in [4.78, 5) is 16.2. The molecule has 0 radical (unpaired) electrons. The van der Waals surface area contributed by atoms with Crippen molar-refractivity contribution in [2.75, 3.05) is 0 Å². The van der Waals surface area contributed by atoms with Crippen LogP contribution in [0.25, 0.3) is 20.9 Å². The predicted molar refractivity (Wildman–Crippen MR) is 78.2 cm³/mol. The summed E-state index contributed by atoms with van der Waals surface area (Å²) in [6.45, 7) is 1.95. The highest BCUT2D eigenvalue weighted by Crippen LogP contribution is 2.34. The van der Waals surface area contributed by atoms with Crippen molar-refractivity contribution in [1.82, 2.24) is 4.98 Å². The van der Waals surface area contributed by atoms with Gasteiger partial charge in [-0.15, -0.1) is 11.3 Å². The summed E-state index contributed by atoms with van der Waals surface area (Å²) in [6, 6.07) is 6.34. The van der Waals surface area contributed by atoms with E-state index in [1.165, 1.54) is 23.5 Å². The number of benzene rings is 1. The Morgan fingerprint density at radius 3 is 2.95 bits per heavy atom. The van der Waals surface area contributed by atoms with Crippen LogP contribution < -0.4 is 0 Å². The molecule has 0 spiro atoms. The molecule has 1 N–H and O–H groups in total. The molecule has 4 nitrogen and oxygen atoms in total. The monoisotopic (exact) mass is 305 g/mol. The van der Waals surface area contributed by atoms with Crippen molar-refractivity contribution < 1.29 is 18.7 Å². The van der Waals surface area contributed by atoms with Crippen molar-refractivity contribution in [3.63, 3.8) is 0 Å². The molecule has 21 heavy (non-hydrogen) atoms. The Kier molecular flexibility index (Phi) is 3.47. The summed E-state index contributed by atoms with van der Waals surface area (Å²) in [5.74, 6) is -1.27. The minimum Gasteiger partial charge on any atom is -0.475 e. The maximum Gasteiger partial charge on any atom is 0.373 e. The minimum atomic E-state index is -1.12. The lowest BCUT2D eigenvalue weighted by molar-refractivity contribution is 0.0662.